The number of aryl methyl sites for hydroxylation is 3. The molecule has 28 heavy (non-hydrogen) atoms. The number of nitrogens with zero attached hydrogens (tertiary/aromatic N) is 4. The van der Waals surface area contributed by atoms with E-state index >= 15 is 0 Å². The predicted octanol–water partition coefficient (Wildman–Crippen LogP) is 2.59. The number of rotatable bonds is 4. The molecule has 1 aliphatic heterocycles. The van der Waals surface area contributed by atoms with Crippen molar-refractivity contribution in [1.82, 2.24) is 24.9 Å². The fourth-order valence-corrected chi connectivity index (χ4v) is 3.80. The number of hydrogen-bond donors (Lipinski definition) is 2. The van der Waals surface area contributed by atoms with Gasteiger partial charge in [0.1, 0.15) is 0 Å². The highest BCUT2D eigenvalue weighted by molar-refractivity contribution is 5.95. The van der Waals surface area contributed by atoms with Crippen molar-refractivity contribution in [3.63, 3.8) is 0 Å². The first-order chi connectivity index (χ1) is 13.0. The van der Waals surface area contributed by atoms with Crippen molar-refractivity contribution in [3.05, 3.63) is 59.7 Å². The van der Waals surface area contributed by atoms with Crippen molar-refractivity contribution in [2.45, 2.75) is 19.8 Å². The number of halogens is 1. The first-order valence-electron chi connectivity index (χ1n) is 9.15. The van der Waals surface area contributed by atoms with Gasteiger partial charge < -0.3 is 10.6 Å². The Kier molecular flexibility index (Phi) is 5.86. The molecule has 1 amide bonds. The van der Waals surface area contributed by atoms with Crippen LogP contribution in [0.2, 0.25) is 0 Å². The van der Waals surface area contributed by atoms with Gasteiger partial charge in [0, 0.05) is 37.9 Å². The van der Waals surface area contributed by atoms with Crippen LogP contribution in [0.15, 0.2) is 42.7 Å². The summed E-state index contributed by atoms with van der Waals surface area (Å²) in [5.41, 5.74) is 4.72. The number of carbonyl (C=O) groups excluding carboxylic acids is 1. The molecule has 3 heterocycles. The SMILES string of the molecule is Cc1cc(C)n(-c2ccccc2NC(=O)[C@H]2CNC[C@@H]2c2cnn(C)c2)n1.Cl. The van der Waals surface area contributed by atoms with E-state index in [1.54, 1.807) is 4.68 Å². The van der Waals surface area contributed by atoms with E-state index in [-0.39, 0.29) is 30.2 Å². The number of anilines is 1. The Morgan fingerprint density at radius 2 is 2.04 bits per heavy atom. The molecule has 4 rings (SSSR count). The number of carbonyl (C=O) groups is 1. The standard InChI is InChI=1S/C20H24N6O.ClH/c1-13-8-14(2)26(24-13)19-7-5-4-6-18(19)23-20(27)17-11-21-10-16(17)15-9-22-25(3)12-15;/h4-9,12,16-17,21H,10-11H2,1-3H3,(H,23,27);1H/t16-,17+;/m1./s1. The molecule has 0 spiro atoms. The summed E-state index contributed by atoms with van der Waals surface area (Å²) in [6.45, 7) is 5.42. The van der Waals surface area contributed by atoms with Gasteiger partial charge in [-0.3, -0.25) is 9.48 Å². The van der Waals surface area contributed by atoms with Crippen LogP contribution in [0.5, 0.6) is 0 Å². The second-order valence-corrected chi connectivity index (χ2v) is 7.16. The van der Waals surface area contributed by atoms with Crippen molar-refractivity contribution in [1.29, 1.82) is 0 Å². The fourth-order valence-electron chi connectivity index (χ4n) is 3.80. The molecule has 2 atom stereocenters. The summed E-state index contributed by atoms with van der Waals surface area (Å²) < 4.78 is 3.65. The molecule has 2 aromatic heterocycles. The molecule has 0 unspecified atom stereocenters. The summed E-state index contributed by atoms with van der Waals surface area (Å²) in [6.07, 6.45) is 3.84. The Labute approximate surface area is 170 Å². The largest absolute Gasteiger partial charge is 0.324 e. The summed E-state index contributed by atoms with van der Waals surface area (Å²) in [7, 11) is 1.89. The van der Waals surface area contributed by atoms with Gasteiger partial charge in [0.15, 0.2) is 0 Å². The lowest BCUT2D eigenvalue weighted by atomic mass is 9.90. The quantitative estimate of drug-likeness (QED) is 0.705. The highest BCUT2D eigenvalue weighted by Gasteiger charge is 2.35. The highest BCUT2D eigenvalue weighted by Crippen LogP contribution is 2.30. The van der Waals surface area contributed by atoms with E-state index in [0.29, 0.717) is 6.54 Å². The number of para-hydroxylation sites is 2. The van der Waals surface area contributed by atoms with Gasteiger partial charge in [-0.1, -0.05) is 12.1 Å². The zero-order valence-electron chi connectivity index (χ0n) is 16.2. The zero-order chi connectivity index (χ0) is 19.0. The van der Waals surface area contributed by atoms with Gasteiger partial charge >= 0.3 is 0 Å². The van der Waals surface area contributed by atoms with Crippen molar-refractivity contribution in [3.8, 4) is 5.69 Å². The molecule has 8 heteroatoms. The summed E-state index contributed by atoms with van der Waals surface area (Å²) >= 11 is 0. The molecular weight excluding hydrogens is 376 g/mol. The highest BCUT2D eigenvalue weighted by atomic mass is 35.5. The lowest BCUT2D eigenvalue weighted by Crippen LogP contribution is -2.28. The lowest BCUT2D eigenvalue weighted by molar-refractivity contribution is -0.119. The number of nitrogens with one attached hydrogen (secondary N) is 2. The van der Waals surface area contributed by atoms with Gasteiger partial charge in [0.05, 0.1) is 29.2 Å². The number of amides is 1. The maximum atomic E-state index is 13.1. The fraction of sp³-hybridized carbons (Fsp3) is 0.350. The van der Waals surface area contributed by atoms with Crippen molar-refractivity contribution in [2.75, 3.05) is 18.4 Å². The molecule has 1 aromatic carbocycles. The van der Waals surface area contributed by atoms with Gasteiger partial charge in [-0.05, 0) is 37.6 Å². The molecule has 1 aliphatic rings. The van der Waals surface area contributed by atoms with E-state index in [2.05, 4.69) is 20.8 Å². The summed E-state index contributed by atoms with van der Waals surface area (Å²) in [4.78, 5) is 13.1. The van der Waals surface area contributed by atoms with Crippen LogP contribution in [0.3, 0.4) is 0 Å². The van der Waals surface area contributed by atoms with Crippen LogP contribution in [-0.4, -0.2) is 38.6 Å². The third kappa shape index (κ3) is 3.81. The summed E-state index contributed by atoms with van der Waals surface area (Å²) in [5.74, 6) is 0.00471. The molecule has 3 aromatic rings. The molecule has 1 saturated heterocycles. The van der Waals surface area contributed by atoms with Crippen LogP contribution >= 0.6 is 12.4 Å². The molecule has 0 radical (unpaired) electrons. The van der Waals surface area contributed by atoms with Gasteiger partial charge in [0.25, 0.3) is 0 Å². The lowest BCUT2D eigenvalue weighted by Gasteiger charge is -2.19. The van der Waals surface area contributed by atoms with E-state index in [4.69, 9.17) is 0 Å². The van der Waals surface area contributed by atoms with Crippen LogP contribution in [0, 0.1) is 19.8 Å². The monoisotopic (exact) mass is 400 g/mol. The minimum absolute atomic E-state index is 0. The van der Waals surface area contributed by atoms with E-state index in [0.717, 1.165) is 34.9 Å². The van der Waals surface area contributed by atoms with Crippen LogP contribution < -0.4 is 10.6 Å². The van der Waals surface area contributed by atoms with Gasteiger partial charge in [-0.15, -0.1) is 12.4 Å². The normalized spacial score (nSPS) is 18.7. The maximum absolute atomic E-state index is 13.1. The molecule has 0 saturated carbocycles. The minimum Gasteiger partial charge on any atom is -0.324 e. The number of hydrogen-bond acceptors (Lipinski definition) is 4. The summed E-state index contributed by atoms with van der Waals surface area (Å²) in [5, 5.41) is 15.3. The number of benzene rings is 1. The average Bonchev–Trinajstić information content (AvgIpc) is 3.35. The van der Waals surface area contributed by atoms with E-state index in [1.807, 2.05) is 68.3 Å². The van der Waals surface area contributed by atoms with Crippen molar-refractivity contribution in [2.24, 2.45) is 13.0 Å². The Bertz CT molecular complexity index is 979. The molecule has 1 fully saturated rings. The van der Waals surface area contributed by atoms with Crippen LogP contribution in [0.25, 0.3) is 5.69 Å². The Morgan fingerprint density at radius 3 is 2.71 bits per heavy atom. The molecule has 148 valence electrons. The third-order valence-electron chi connectivity index (χ3n) is 5.10. The Hall–Kier alpha value is -2.64. The van der Waals surface area contributed by atoms with Crippen LogP contribution in [0.1, 0.15) is 22.9 Å². The topological polar surface area (TPSA) is 76.8 Å². The third-order valence-corrected chi connectivity index (χ3v) is 5.10. The van der Waals surface area contributed by atoms with E-state index < -0.39 is 0 Å². The van der Waals surface area contributed by atoms with Gasteiger partial charge in [-0.25, -0.2) is 4.68 Å². The molecule has 0 bridgehead atoms. The van der Waals surface area contributed by atoms with Crippen molar-refractivity contribution >= 4 is 24.0 Å². The molecule has 0 aliphatic carbocycles. The smallest absolute Gasteiger partial charge is 0.229 e. The first-order valence-corrected chi connectivity index (χ1v) is 9.15. The predicted molar refractivity (Wildman–Crippen MR) is 111 cm³/mol. The zero-order valence-corrected chi connectivity index (χ0v) is 17.0. The minimum atomic E-state index is -0.136. The Morgan fingerprint density at radius 1 is 1.25 bits per heavy atom. The molecule has 7 nitrogen and oxygen atoms in total. The first kappa shape index (κ1) is 20.1. The van der Waals surface area contributed by atoms with E-state index in [9.17, 15) is 4.79 Å². The second-order valence-electron chi connectivity index (χ2n) is 7.16. The Balaban J connectivity index is 0.00000225. The van der Waals surface area contributed by atoms with E-state index in [1.165, 1.54) is 0 Å². The van der Waals surface area contributed by atoms with Gasteiger partial charge in [0.2, 0.25) is 5.91 Å². The maximum Gasteiger partial charge on any atom is 0.229 e. The van der Waals surface area contributed by atoms with Gasteiger partial charge in [-0.2, -0.15) is 10.2 Å². The summed E-state index contributed by atoms with van der Waals surface area (Å²) in [6, 6.07) is 9.80. The molecular formula is C20H25ClN6O. The van der Waals surface area contributed by atoms with Crippen molar-refractivity contribution < 1.29 is 4.79 Å². The molecule has 2 N–H and O–H groups in total. The number of aromatic nitrogens is 4. The van der Waals surface area contributed by atoms with Crippen LogP contribution in [0.4, 0.5) is 5.69 Å². The average molecular weight is 401 g/mol. The second kappa shape index (κ2) is 8.16. The van der Waals surface area contributed by atoms with Crippen LogP contribution in [-0.2, 0) is 11.8 Å².